The predicted molar refractivity (Wildman–Crippen MR) is 84.0 cm³/mol. The first-order valence-corrected chi connectivity index (χ1v) is 7.93. The number of carbonyl (C=O) groups excluding carboxylic acids is 1. The van der Waals surface area contributed by atoms with E-state index in [1.165, 1.54) is 29.7 Å². The minimum atomic E-state index is -0.290. The quantitative estimate of drug-likeness (QED) is 0.866. The third-order valence-corrected chi connectivity index (χ3v) is 5.00. The van der Waals surface area contributed by atoms with Crippen molar-refractivity contribution in [3.8, 4) is 5.69 Å². The fraction of sp³-hybridized carbons (Fsp3) is 0.438. The number of hydrogen-bond acceptors (Lipinski definition) is 4. The molecule has 2 aromatic rings. The lowest BCUT2D eigenvalue weighted by atomic mass is 9.74. The van der Waals surface area contributed by atoms with E-state index in [0.717, 1.165) is 18.5 Å². The number of aromatic nitrogens is 1. The number of nitrogens with zero attached hydrogens (tertiary/aromatic N) is 1. The number of nitrogens with two attached hydrogens (primary N) is 1. The van der Waals surface area contributed by atoms with Crippen LogP contribution in [0.25, 0.3) is 5.69 Å². The topological polar surface area (TPSA) is 57.2 Å². The number of fused-ring (bicyclic) bond motifs is 1. The molecule has 0 fully saturated rings. The van der Waals surface area contributed by atoms with E-state index in [9.17, 15) is 4.79 Å². The molecule has 0 saturated heterocycles. The van der Waals surface area contributed by atoms with Gasteiger partial charge in [-0.05, 0) is 41.3 Å². The van der Waals surface area contributed by atoms with Crippen LogP contribution < -0.4 is 5.73 Å². The Hall–Kier alpha value is -1.59. The monoisotopic (exact) mass is 304 g/mol. The Kier molecular flexibility index (Phi) is 3.42. The molecule has 0 aliphatic heterocycles. The van der Waals surface area contributed by atoms with Crippen LogP contribution in [0.15, 0.2) is 23.7 Å². The standard InChI is InChI=1S/C16H20N2O2S/c1-16(2)8-11(17)10-4-6-18(13(10)9-16)12-5-7-21-14(12)15(19)20-3/h4-7,11H,8-9,17H2,1-3H3. The lowest BCUT2D eigenvalue weighted by molar-refractivity contribution is 0.0606. The van der Waals surface area contributed by atoms with Gasteiger partial charge in [-0.1, -0.05) is 13.8 Å². The molecule has 1 atom stereocenters. The van der Waals surface area contributed by atoms with Crippen LogP contribution in [-0.4, -0.2) is 17.6 Å². The highest BCUT2D eigenvalue weighted by molar-refractivity contribution is 7.12. The molecule has 0 radical (unpaired) electrons. The molecule has 2 heterocycles. The van der Waals surface area contributed by atoms with Gasteiger partial charge in [0.15, 0.2) is 0 Å². The molecule has 1 unspecified atom stereocenters. The van der Waals surface area contributed by atoms with Gasteiger partial charge >= 0.3 is 5.97 Å². The van der Waals surface area contributed by atoms with Crippen molar-refractivity contribution in [3.05, 3.63) is 39.8 Å². The Balaban J connectivity index is 2.10. The summed E-state index contributed by atoms with van der Waals surface area (Å²) in [6.07, 6.45) is 3.96. The van der Waals surface area contributed by atoms with E-state index in [1.54, 1.807) is 0 Å². The van der Waals surface area contributed by atoms with Crippen LogP contribution in [0.5, 0.6) is 0 Å². The van der Waals surface area contributed by atoms with Crippen molar-refractivity contribution in [1.29, 1.82) is 0 Å². The van der Waals surface area contributed by atoms with Gasteiger partial charge in [0.25, 0.3) is 0 Å². The van der Waals surface area contributed by atoms with Gasteiger partial charge in [-0.3, -0.25) is 0 Å². The molecule has 2 N–H and O–H groups in total. The van der Waals surface area contributed by atoms with Gasteiger partial charge in [0.1, 0.15) is 4.88 Å². The molecule has 21 heavy (non-hydrogen) atoms. The summed E-state index contributed by atoms with van der Waals surface area (Å²) in [5.41, 5.74) is 9.77. The molecule has 0 amide bonds. The smallest absolute Gasteiger partial charge is 0.350 e. The Morgan fingerprint density at radius 2 is 2.24 bits per heavy atom. The minimum absolute atomic E-state index is 0.0604. The van der Waals surface area contributed by atoms with Crippen LogP contribution in [0, 0.1) is 5.41 Å². The summed E-state index contributed by atoms with van der Waals surface area (Å²) >= 11 is 1.41. The summed E-state index contributed by atoms with van der Waals surface area (Å²) in [5, 5.41) is 1.92. The third-order valence-electron chi connectivity index (χ3n) is 4.12. The van der Waals surface area contributed by atoms with Crippen LogP contribution in [0.3, 0.4) is 0 Å². The average molecular weight is 304 g/mol. The van der Waals surface area contributed by atoms with Crippen molar-refractivity contribution < 1.29 is 9.53 Å². The Bertz CT molecular complexity index is 684. The second kappa shape index (κ2) is 5.00. The van der Waals surface area contributed by atoms with E-state index in [1.807, 2.05) is 17.6 Å². The highest BCUT2D eigenvalue weighted by Crippen LogP contribution is 2.41. The van der Waals surface area contributed by atoms with Crippen LogP contribution in [0.4, 0.5) is 0 Å². The fourth-order valence-corrected chi connectivity index (χ4v) is 4.00. The largest absolute Gasteiger partial charge is 0.465 e. The Morgan fingerprint density at radius 3 is 2.95 bits per heavy atom. The van der Waals surface area contributed by atoms with E-state index >= 15 is 0 Å². The first kappa shape index (κ1) is 14.4. The lowest BCUT2D eigenvalue weighted by Crippen LogP contribution is -2.30. The summed E-state index contributed by atoms with van der Waals surface area (Å²) in [6, 6.07) is 4.10. The molecule has 2 aromatic heterocycles. The predicted octanol–water partition coefficient (Wildman–Crippen LogP) is 3.30. The van der Waals surface area contributed by atoms with Gasteiger partial charge in [0.05, 0.1) is 12.8 Å². The van der Waals surface area contributed by atoms with Gasteiger partial charge in [0.2, 0.25) is 0 Å². The van der Waals surface area contributed by atoms with E-state index in [-0.39, 0.29) is 17.4 Å². The SMILES string of the molecule is COC(=O)c1sccc1-n1ccc2c1CC(C)(C)CC2N. The number of hydrogen-bond donors (Lipinski definition) is 1. The first-order chi connectivity index (χ1) is 9.93. The van der Waals surface area contributed by atoms with E-state index in [2.05, 4.69) is 24.5 Å². The second-order valence-electron chi connectivity index (χ2n) is 6.37. The molecular weight excluding hydrogens is 284 g/mol. The summed E-state index contributed by atoms with van der Waals surface area (Å²) in [4.78, 5) is 12.5. The molecule has 1 aliphatic carbocycles. The van der Waals surface area contributed by atoms with E-state index < -0.39 is 0 Å². The van der Waals surface area contributed by atoms with Gasteiger partial charge < -0.3 is 15.0 Å². The number of carbonyl (C=O) groups is 1. The summed E-state index contributed by atoms with van der Waals surface area (Å²) in [7, 11) is 1.41. The average Bonchev–Trinajstić information content (AvgIpc) is 3.02. The van der Waals surface area contributed by atoms with Crippen molar-refractivity contribution in [2.24, 2.45) is 11.1 Å². The molecule has 112 valence electrons. The first-order valence-electron chi connectivity index (χ1n) is 7.05. The minimum Gasteiger partial charge on any atom is -0.465 e. The fourth-order valence-electron chi connectivity index (χ4n) is 3.20. The maximum absolute atomic E-state index is 11.9. The number of thiophene rings is 1. The van der Waals surface area contributed by atoms with Crippen molar-refractivity contribution in [2.45, 2.75) is 32.7 Å². The van der Waals surface area contributed by atoms with Crippen LogP contribution in [-0.2, 0) is 11.2 Å². The molecule has 0 spiro atoms. The van der Waals surface area contributed by atoms with Gasteiger partial charge in [-0.2, -0.15) is 0 Å². The van der Waals surface area contributed by atoms with Gasteiger partial charge in [0, 0.05) is 17.9 Å². The van der Waals surface area contributed by atoms with Gasteiger partial charge in [-0.25, -0.2) is 4.79 Å². The molecule has 0 bridgehead atoms. The molecule has 0 aromatic carbocycles. The van der Waals surface area contributed by atoms with Gasteiger partial charge in [-0.15, -0.1) is 11.3 Å². The lowest BCUT2D eigenvalue weighted by Gasteiger charge is -2.34. The zero-order valence-corrected chi connectivity index (χ0v) is 13.4. The molecule has 5 heteroatoms. The van der Waals surface area contributed by atoms with Crippen LogP contribution >= 0.6 is 11.3 Å². The summed E-state index contributed by atoms with van der Waals surface area (Å²) in [5.74, 6) is -0.290. The van der Waals surface area contributed by atoms with Crippen LogP contribution in [0.2, 0.25) is 0 Å². The maximum Gasteiger partial charge on any atom is 0.350 e. The molecule has 3 rings (SSSR count). The summed E-state index contributed by atoms with van der Waals surface area (Å²) < 4.78 is 6.97. The van der Waals surface area contributed by atoms with Crippen molar-refractivity contribution >= 4 is 17.3 Å². The molecule has 0 saturated carbocycles. The summed E-state index contributed by atoms with van der Waals surface area (Å²) in [6.45, 7) is 4.48. The zero-order chi connectivity index (χ0) is 15.2. The highest BCUT2D eigenvalue weighted by Gasteiger charge is 2.33. The Labute approximate surface area is 128 Å². The van der Waals surface area contributed by atoms with E-state index in [0.29, 0.717) is 4.88 Å². The molecule has 4 nitrogen and oxygen atoms in total. The van der Waals surface area contributed by atoms with Crippen molar-refractivity contribution in [1.82, 2.24) is 4.57 Å². The molecular formula is C16H20N2O2S. The van der Waals surface area contributed by atoms with E-state index in [4.69, 9.17) is 10.5 Å². The zero-order valence-electron chi connectivity index (χ0n) is 12.6. The third kappa shape index (κ3) is 2.40. The number of esters is 1. The highest BCUT2D eigenvalue weighted by atomic mass is 32.1. The van der Waals surface area contributed by atoms with Crippen LogP contribution in [0.1, 0.15) is 47.2 Å². The van der Waals surface area contributed by atoms with Crippen molar-refractivity contribution in [2.75, 3.05) is 7.11 Å². The second-order valence-corrected chi connectivity index (χ2v) is 7.28. The number of methoxy groups -OCH3 is 1. The maximum atomic E-state index is 11.9. The van der Waals surface area contributed by atoms with Crippen molar-refractivity contribution in [3.63, 3.8) is 0 Å². The number of ether oxygens (including phenoxy) is 1. The number of rotatable bonds is 2. The Morgan fingerprint density at radius 1 is 1.48 bits per heavy atom. The molecule has 1 aliphatic rings. The normalized spacial score (nSPS) is 20.1.